The molecule has 2 aliphatic rings. The van der Waals surface area contributed by atoms with Crippen LogP contribution in [0.4, 0.5) is 5.69 Å². The average molecular weight is 285 g/mol. The van der Waals surface area contributed by atoms with Gasteiger partial charge in [0.05, 0.1) is 0 Å². The Morgan fingerprint density at radius 2 is 2.10 bits per heavy atom. The largest absolute Gasteiger partial charge is 0.399 e. The normalized spacial score (nSPS) is 26.2. The zero-order valence-corrected chi connectivity index (χ0v) is 12.5. The maximum atomic E-state index is 12.4. The minimum Gasteiger partial charge on any atom is -0.399 e. The fourth-order valence-corrected chi connectivity index (χ4v) is 3.44. The molecule has 1 aromatic carbocycles. The molecule has 2 N–H and O–H groups in total. The van der Waals surface area contributed by atoms with Crippen LogP contribution in [0, 0.1) is 0 Å². The molecule has 4 nitrogen and oxygen atoms in total. The van der Waals surface area contributed by atoms with Crippen LogP contribution < -0.4 is 5.73 Å². The Balaban J connectivity index is 1.65. The van der Waals surface area contributed by atoms with Gasteiger partial charge in [-0.15, -0.1) is 0 Å². The number of amides is 1. The van der Waals surface area contributed by atoms with Gasteiger partial charge in [0, 0.05) is 36.9 Å². The van der Waals surface area contributed by atoms with E-state index in [0.29, 0.717) is 12.1 Å². The van der Waals surface area contributed by atoms with Gasteiger partial charge in [-0.3, -0.25) is 9.69 Å². The number of nitrogen functional groups attached to an aromatic ring is 1. The van der Waals surface area contributed by atoms with Crippen molar-refractivity contribution in [2.24, 2.45) is 0 Å². The number of hydrogen-bond acceptors (Lipinski definition) is 3. The van der Waals surface area contributed by atoms with Crippen molar-refractivity contribution in [2.75, 3.05) is 25.9 Å². The summed E-state index contributed by atoms with van der Waals surface area (Å²) in [4.78, 5) is 16.8. The van der Waals surface area contributed by atoms with Crippen LogP contribution in [0.3, 0.4) is 0 Å². The van der Waals surface area contributed by atoms with E-state index in [1.807, 2.05) is 35.2 Å². The van der Waals surface area contributed by atoms with Gasteiger partial charge >= 0.3 is 0 Å². The third-order valence-corrected chi connectivity index (χ3v) is 4.79. The molecule has 0 spiro atoms. The Morgan fingerprint density at radius 1 is 1.29 bits per heavy atom. The maximum Gasteiger partial charge on any atom is 0.246 e. The number of nitrogens with two attached hydrogens (primary N) is 1. The lowest BCUT2D eigenvalue weighted by Crippen LogP contribution is -2.39. The van der Waals surface area contributed by atoms with Gasteiger partial charge in [0.25, 0.3) is 0 Å². The second-order valence-corrected chi connectivity index (χ2v) is 6.13. The Bertz CT molecular complexity index is 555. The summed E-state index contributed by atoms with van der Waals surface area (Å²) in [6, 6.07) is 8.77. The molecule has 4 heteroatoms. The lowest BCUT2D eigenvalue weighted by atomic mass is 10.1. The average Bonchev–Trinajstić information content (AvgIpc) is 2.70. The predicted octanol–water partition coefficient (Wildman–Crippen LogP) is 1.98. The molecule has 2 heterocycles. The van der Waals surface area contributed by atoms with Crippen LogP contribution in [-0.2, 0) is 4.79 Å². The zero-order chi connectivity index (χ0) is 14.8. The van der Waals surface area contributed by atoms with E-state index in [1.165, 1.54) is 12.8 Å². The highest BCUT2D eigenvalue weighted by atomic mass is 16.2. The first-order valence-corrected chi connectivity index (χ1v) is 7.68. The predicted molar refractivity (Wildman–Crippen MR) is 85.7 cm³/mol. The molecule has 2 bridgehead atoms. The second kappa shape index (κ2) is 5.90. The highest BCUT2D eigenvalue weighted by Gasteiger charge is 2.35. The Labute approximate surface area is 126 Å². The Hall–Kier alpha value is -1.81. The Morgan fingerprint density at radius 3 is 2.90 bits per heavy atom. The van der Waals surface area contributed by atoms with Crippen LogP contribution in [0.1, 0.15) is 24.8 Å². The van der Waals surface area contributed by atoms with Crippen LogP contribution in [-0.4, -0.2) is 47.9 Å². The van der Waals surface area contributed by atoms with E-state index < -0.39 is 0 Å². The molecule has 1 amide bonds. The van der Waals surface area contributed by atoms with E-state index in [0.717, 1.165) is 30.8 Å². The van der Waals surface area contributed by atoms with Crippen molar-refractivity contribution < 1.29 is 4.79 Å². The van der Waals surface area contributed by atoms with Crippen LogP contribution >= 0.6 is 0 Å². The highest BCUT2D eigenvalue weighted by Crippen LogP contribution is 2.28. The van der Waals surface area contributed by atoms with E-state index in [2.05, 4.69) is 11.9 Å². The van der Waals surface area contributed by atoms with Gasteiger partial charge in [0.15, 0.2) is 0 Å². The minimum absolute atomic E-state index is 0.110. The highest BCUT2D eigenvalue weighted by molar-refractivity contribution is 5.92. The number of rotatable bonds is 2. The lowest BCUT2D eigenvalue weighted by Gasteiger charge is -2.24. The standard InChI is InChI=1S/C17H23N3O/c1-19-15-6-7-16(19)12-20(10-9-15)17(21)8-5-13-3-2-4-14(18)11-13/h2-5,8,11,15-16H,6-7,9-10,12,18H2,1H3/b8-5+. The molecule has 0 radical (unpaired) electrons. The molecule has 2 fully saturated rings. The summed E-state index contributed by atoms with van der Waals surface area (Å²) in [7, 11) is 2.19. The molecular weight excluding hydrogens is 262 g/mol. The van der Waals surface area contributed by atoms with Crippen molar-refractivity contribution in [1.82, 2.24) is 9.80 Å². The molecule has 112 valence electrons. The fraction of sp³-hybridized carbons (Fsp3) is 0.471. The van der Waals surface area contributed by atoms with Gasteiger partial charge in [0.2, 0.25) is 5.91 Å². The molecule has 2 aliphatic heterocycles. The van der Waals surface area contributed by atoms with Crippen LogP contribution in [0.25, 0.3) is 6.08 Å². The van der Waals surface area contributed by atoms with Crippen LogP contribution in [0.15, 0.2) is 30.3 Å². The van der Waals surface area contributed by atoms with E-state index >= 15 is 0 Å². The third-order valence-electron chi connectivity index (χ3n) is 4.79. The molecular formula is C17H23N3O. The summed E-state index contributed by atoms with van der Waals surface area (Å²) in [6.07, 6.45) is 7.11. The van der Waals surface area contributed by atoms with Crippen molar-refractivity contribution in [1.29, 1.82) is 0 Å². The molecule has 1 aromatic rings. The topological polar surface area (TPSA) is 49.6 Å². The van der Waals surface area contributed by atoms with Crippen molar-refractivity contribution in [3.63, 3.8) is 0 Å². The molecule has 0 aliphatic carbocycles. The number of likely N-dealkylation sites (tertiary alicyclic amines) is 1. The Kier molecular flexibility index (Phi) is 3.97. The molecule has 21 heavy (non-hydrogen) atoms. The number of carbonyl (C=O) groups is 1. The van der Waals surface area contributed by atoms with E-state index in [9.17, 15) is 4.79 Å². The van der Waals surface area contributed by atoms with Crippen molar-refractivity contribution in [2.45, 2.75) is 31.3 Å². The minimum atomic E-state index is 0.110. The first kappa shape index (κ1) is 14.1. The fourth-order valence-electron chi connectivity index (χ4n) is 3.44. The second-order valence-electron chi connectivity index (χ2n) is 6.13. The SMILES string of the molecule is CN1C2CCC1CN(C(=O)/C=C/c1cccc(N)c1)CC2. The number of likely N-dealkylation sites (N-methyl/N-ethyl adjacent to an activating group) is 1. The smallest absolute Gasteiger partial charge is 0.246 e. The summed E-state index contributed by atoms with van der Waals surface area (Å²) < 4.78 is 0. The van der Waals surface area contributed by atoms with Gasteiger partial charge in [-0.2, -0.15) is 0 Å². The van der Waals surface area contributed by atoms with Gasteiger partial charge < -0.3 is 10.6 Å². The summed E-state index contributed by atoms with van der Waals surface area (Å²) in [5, 5.41) is 0. The quantitative estimate of drug-likeness (QED) is 0.668. The van der Waals surface area contributed by atoms with Gasteiger partial charge in [-0.1, -0.05) is 12.1 Å². The monoisotopic (exact) mass is 285 g/mol. The van der Waals surface area contributed by atoms with Crippen molar-refractivity contribution >= 4 is 17.7 Å². The van der Waals surface area contributed by atoms with E-state index in [4.69, 9.17) is 5.73 Å². The summed E-state index contributed by atoms with van der Waals surface area (Å²) in [6.45, 7) is 1.72. The number of carbonyl (C=O) groups excluding carboxylic acids is 1. The first-order chi connectivity index (χ1) is 10.1. The lowest BCUT2D eigenvalue weighted by molar-refractivity contribution is -0.126. The zero-order valence-electron chi connectivity index (χ0n) is 12.5. The number of benzene rings is 1. The third kappa shape index (κ3) is 3.10. The maximum absolute atomic E-state index is 12.4. The van der Waals surface area contributed by atoms with E-state index in [1.54, 1.807) is 6.08 Å². The molecule has 2 unspecified atom stereocenters. The number of nitrogens with zero attached hydrogens (tertiary/aromatic N) is 2. The molecule has 2 atom stereocenters. The summed E-state index contributed by atoms with van der Waals surface area (Å²) in [5.74, 6) is 0.110. The van der Waals surface area contributed by atoms with Crippen LogP contribution in [0.2, 0.25) is 0 Å². The summed E-state index contributed by atoms with van der Waals surface area (Å²) >= 11 is 0. The molecule has 2 saturated heterocycles. The number of hydrogen-bond donors (Lipinski definition) is 1. The van der Waals surface area contributed by atoms with Gasteiger partial charge in [-0.05, 0) is 50.1 Å². The van der Waals surface area contributed by atoms with Crippen molar-refractivity contribution in [3.8, 4) is 0 Å². The summed E-state index contributed by atoms with van der Waals surface area (Å²) in [5.41, 5.74) is 7.44. The first-order valence-electron chi connectivity index (χ1n) is 7.68. The van der Waals surface area contributed by atoms with Gasteiger partial charge in [0.1, 0.15) is 0 Å². The van der Waals surface area contributed by atoms with E-state index in [-0.39, 0.29) is 5.91 Å². The van der Waals surface area contributed by atoms with Crippen LogP contribution in [0.5, 0.6) is 0 Å². The number of anilines is 1. The molecule has 0 saturated carbocycles. The molecule has 3 rings (SSSR count). The van der Waals surface area contributed by atoms with Crippen molar-refractivity contribution in [3.05, 3.63) is 35.9 Å². The van der Waals surface area contributed by atoms with Gasteiger partial charge in [-0.25, -0.2) is 0 Å². The molecule has 0 aromatic heterocycles. The number of fused-ring (bicyclic) bond motifs is 2.